The second kappa shape index (κ2) is 6.16. The summed E-state index contributed by atoms with van der Waals surface area (Å²) in [5.41, 5.74) is 0.316. The monoisotopic (exact) mass is 344 g/mol. The summed E-state index contributed by atoms with van der Waals surface area (Å²) in [6.45, 7) is 1.26. The highest BCUT2D eigenvalue weighted by Crippen LogP contribution is 2.23. The first-order valence-electron chi connectivity index (χ1n) is 7.55. The van der Waals surface area contributed by atoms with Crippen molar-refractivity contribution in [1.29, 1.82) is 0 Å². The highest BCUT2D eigenvalue weighted by Gasteiger charge is 2.32. The van der Waals surface area contributed by atoms with Gasteiger partial charge in [0.15, 0.2) is 0 Å². The predicted octanol–water partition coefficient (Wildman–Crippen LogP) is 1.65. The predicted molar refractivity (Wildman–Crippen MR) is 80.1 cm³/mol. The smallest absolute Gasteiger partial charge is 0.337 e. The zero-order valence-electron chi connectivity index (χ0n) is 12.4. The summed E-state index contributed by atoms with van der Waals surface area (Å²) in [5.74, 6) is -3.66. The van der Waals surface area contributed by atoms with Crippen molar-refractivity contribution in [3.05, 3.63) is 29.8 Å². The Morgan fingerprint density at radius 2 is 1.78 bits per heavy atom. The van der Waals surface area contributed by atoms with Gasteiger partial charge in [0.05, 0.1) is 4.90 Å². The summed E-state index contributed by atoms with van der Waals surface area (Å²) in [7, 11) is -4.63. The molecular weight excluding hydrogens is 326 g/mol. The lowest BCUT2D eigenvalue weighted by atomic mass is 10.1. The topological polar surface area (TPSA) is 66.5 Å². The van der Waals surface area contributed by atoms with Crippen molar-refractivity contribution in [3.63, 3.8) is 0 Å². The van der Waals surface area contributed by atoms with E-state index in [1.807, 2.05) is 0 Å². The summed E-state index contributed by atoms with van der Waals surface area (Å²) >= 11 is 0. The molecule has 23 heavy (non-hydrogen) atoms. The van der Waals surface area contributed by atoms with Crippen molar-refractivity contribution < 1.29 is 22.0 Å². The molecule has 8 heteroatoms. The first kappa shape index (κ1) is 16.3. The summed E-state index contributed by atoms with van der Waals surface area (Å²) in [5, 5.41) is 3.47. The third-order valence-electron chi connectivity index (χ3n) is 4.47. The van der Waals surface area contributed by atoms with E-state index in [2.05, 4.69) is 5.32 Å². The minimum absolute atomic E-state index is 0.194. The lowest BCUT2D eigenvalue weighted by molar-refractivity contribution is 0.0748. The van der Waals surface area contributed by atoms with Gasteiger partial charge in [-0.3, -0.25) is 4.79 Å². The van der Waals surface area contributed by atoms with E-state index in [1.165, 1.54) is 12.1 Å². The molecule has 2 atom stereocenters. The van der Waals surface area contributed by atoms with E-state index < -0.39 is 20.5 Å². The van der Waals surface area contributed by atoms with Crippen LogP contribution in [0.4, 0.5) is 8.78 Å². The average Bonchev–Trinajstić information content (AvgIpc) is 2.86. The van der Waals surface area contributed by atoms with E-state index in [4.69, 9.17) is 0 Å². The number of nitrogens with zero attached hydrogens (tertiary/aromatic N) is 1. The second-order valence-electron chi connectivity index (χ2n) is 6.01. The van der Waals surface area contributed by atoms with Gasteiger partial charge in [0.1, 0.15) is 0 Å². The summed E-state index contributed by atoms with van der Waals surface area (Å²) in [6, 6.07) is 5.48. The van der Waals surface area contributed by atoms with Crippen LogP contribution in [0.1, 0.15) is 29.6 Å². The maximum absolute atomic E-state index is 12.5. The molecule has 5 nitrogen and oxygen atoms in total. The van der Waals surface area contributed by atoms with E-state index in [0.29, 0.717) is 30.7 Å². The molecule has 2 aliphatic rings. The molecule has 2 unspecified atom stereocenters. The maximum atomic E-state index is 12.5. The van der Waals surface area contributed by atoms with Gasteiger partial charge in [0, 0.05) is 30.7 Å². The fourth-order valence-electron chi connectivity index (χ4n) is 3.20. The molecule has 2 bridgehead atoms. The van der Waals surface area contributed by atoms with Crippen molar-refractivity contribution >= 4 is 15.7 Å². The third kappa shape index (κ3) is 3.23. The van der Waals surface area contributed by atoms with Crippen LogP contribution in [-0.2, 0) is 9.84 Å². The Bertz CT molecular complexity index is 691. The molecule has 1 N–H and O–H groups in total. The molecule has 0 spiro atoms. The second-order valence-corrected chi connectivity index (χ2v) is 7.93. The number of likely N-dealkylation sites (tertiary alicyclic amines) is 1. The Kier molecular flexibility index (Phi) is 4.37. The molecule has 1 aromatic rings. The molecule has 0 saturated carbocycles. The molecule has 0 radical (unpaired) electrons. The quantitative estimate of drug-likeness (QED) is 0.905. The van der Waals surface area contributed by atoms with Gasteiger partial charge in [-0.2, -0.15) is 8.78 Å². The normalized spacial score (nSPS) is 24.7. The summed E-state index contributed by atoms with van der Waals surface area (Å²) in [6.07, 6.45) is 3.06. The van der Waals surface area contributed by atoms with Crippen LogP contribution in [0.15, 0.2) is 29.2 Å². The number of fused-ring (bicyclic) bond motifs is 2. The van der Waals surface area contributed by atoms with Crippen molar-refractivity contribution in [2.75, 3.05) is 13.1 Å². The molecule has 3 rings (SSSR count). The number of carbonyl (C=O) groups is 1. The molecular formula is C15H18F2N2O3S. The molecule has 2 aliphatic heterocycles. The number of hydrogen-bond donors (Lipinski definition) is 1. The minimum atomic E-state index is -4.63. The maximum Gasteiger partial charge on any atom is 0.341 e. The van der Waals surface area contributed by atoms with Crippen LogP contribution in [0.2, 0.25) is 0 Å². The first-order valence-corrected chi connectivity index (χ1v) is 9.10. The minimum Gasteiger partial charge on any atom is -0.337 e. The van der Waals surface area contributed by atoms with E-state index in [1.54, 1.807) is 4.90 Å². The fourth-order valence-corrected chi connectivity index (χ4v) is 3.92. The fraction of sp³-hybridized carbons (Fsp3) is 0.533. The molecule has 0 aliphatic carbocycles. The Hall–Kier alpha value is -1.54. The zero-order chi connectivity index (χ0) is 16.6. The highest BCUT2D eigenvalue weighted by atomic mass is 32.2. The van der Waals surface area contributed by atoms with Crippen LogP contribution < -0.4 is 5.32 Å². The van der Waals surface area contributed by atoms with Crippen molar-refractivity contribution in [1.82, 2.24) is 10.2 Å². The lowest BCUT2D eigenvalue weighted by Gasteiger charge is -2.24. The van der Waals surface area contributed by atoms with E-state index >= 15 is 0 Å². The van der Waals surface area contributed by atoms with Crippen molar-refractivity contribution in [2.45, 2.75) is 42.0 Å². The van der Waals surface area contributed by atoms with Gasteiger partial charge < -0.3 is 10.2 Å². The number of benzene rings is 1. The van der Waals surface area contributed by atoms with Gasteiger partial charge in [0.25, 0.3) is 5.91 Å². The van der Waals surface area contributed by atoms with Gasteiger partial charge >= 0.3 is 5.76 Å². The van der Waals surface area contributed by atoms with E-state index in [-0.39, 0.29) is 5.91 Å². The molecule has 2 fully saturated rings. The standard InChI is InChI=1S/C15H18F2N2O3S/c16-15(17)23(21,22)13-5-1-10(2-6-13)14(20)19-8-7-11-3-4-12(9-19)18-11/h1-2,5-6,11-12,15,18H,3-4,7-9H2. The van der Waals surface area contributed by atoms with Crippen LogP contribution in [0.3, 0.4) is 0 Å². The van der Waals surface area contributed by atoms with Gasteiger partial charge in [-0.05, 0) is 43.5 Å². The molecule has 0 aromatic heterocycles. The zero-order valence-corrected chi connectivity index (χ0v) is 13.2. The highest BCUT2D eigenvalue weighted by molar-refractivity contribution is 7.91. The summed E-state index contributed by atoms with van der Waals surface area (Å²) in [4.78, 5) is 13.8. The number of hydrogen-bond acceptors (Lipinski definition) is 4. The Morgan fingerprint density at radius 1 is 1.13 bits per heavy atom. The molecule has 1 amide bonds. The Morgan fingerprint density at radius 3 is 2.43 bits per heavy atom. The van der Waals surface area contributed by atoms with Crippen LogP contribution in [-0.4, -0.2) is 50.2 Å². The van der Waals surface area contributed by atoms with Crippen LogP contribution in [0.5, 0.6) is 0 Å². The van der Waals surface area contributed by atoms with Gasteiger partial charge in [-0.1, -0.05) is 0 Å². The number of carbonyl (C=O) groups excluding carboxylic acids is 1. The number of halogens is 2. The average molecular weight is 344 g/mol. The largest absolute Gasteiger partial charge is 0.341 e. The van der Waals surface area contributed by atoms with Crippen molar-refractivity contribution in [3.8, 4) is 0 Å². The molecule has 126 valence electrons. The number of nitrogens with one attached hydrogen (secondary N) is 1. The Labute approximate surface area is 133 Å². The first-order chi connectivity index (χ1) is 10.9. The SMILES string of the molecule is O=C(c1ccc(S(=O)(=O)C(F)F)cc1)N1CCC2CCC(C1)N2. The lowest BCUT2D eigenvalue weighted by Crippen LogP contribution is -2.39. The van der Waals surface area contributed by atoms with Gasteiger partial charge in [0.2, 0.25) is 9.84 Å². The third-order valence-corrected chi connectivity index (χ3v) is 5.87. The van der Waals surface area contributed by atoms with E-state index in [9.17, 15) is 22.0 Å². The number of alkyl halides is 2. The summed E-state index contributed by atoms with van der Waals surface area (Å²) < 4.78 is 47.8. The number of amides is 1. The van der Waals surface area contributed by atoms with Gasteiger partial charge in [-0.25, -0.2) is 8.42 Å². The number of rotatable bonds is 3. The van der Waals surface area contributed by atoms with Gasteiger partial charge in [-0.15, -0.1) is 0 Å². The van der Waals surface area contributed by atoms with Crippen LogP contribution >= 0.6 is 0 Å². The van der Waals surface area contributed by atoms with Crippen LogP contribution in [0, 0.1) is 0 Å². The van der Waals surface area contributed by atoms with Crippen LogP contribution in [0.25, 0.3) is 0 Å². The van der Waals surface area contributed by atoms with E-state index in [0.717, 1.165) is 31.4 Å². The van der Waals surface area contributed by atoms with Crippen molar-refractivity contribution in [2.24, 2.45) is 0 Å². The molecule has 2 heterocycles. The Balaban J connectivity index is 1.75. The molecule has 1 aromatic carbocycles. The number of sulfone groups is 1. The molecule has 2 saturated heterocycles.